The maximum atomic E-state index is 12.2. The maximum Gasteiger partial charge on any atom is 0.410 e. The number of hydrogen-bond donors (Lipinski definition) is 1. The molecule has 2 aromatic rings. The number of rotatable bonds is 4. The maximum absolute atomic E-state index is 12.2. The number of likely N-dealkylation sites (tertiary alicyclic amines) is 1. The molecule has 0 radical (unpaired) electrons. The fourth-order valence-corrected chi connectivity index (χ4v) is 4.24. The van der Waals surface area contributed by atoms with Gasteiger partial charge in [-0.3, -0.25) is 4.98 Å². The Morgan fingerprint density at radius 1 is 1.19 bits per heavy atom. The second-order valence-electron chi connectivity index (χ2n) is 8.63. The molecule has 0 unspecified atom stereocenters. The lowest BCUT2D eigenvalue weighted by atomic mass is 10.0. The zero-order valence-electron chi connectivity index (χ0n) is 19.3. The van der Waals surface area contributed by atoms with Crippen molar-refractivity contribution in [2.75, 3.05) is 36.5 Å². The molecule has 1 fully saturated rings. The number of nitrogens with zero attached hydrogens (tertiary/aromatic N) is 5. The SMILES string of the molecule is Cc1ccc(Nc2ncnc3c2OCCCN3C2CCN(C(=O)OC(C)C)CC2)c(C)n1. The summed E-state index contributed by atoms with van der Waals surface area (Å²) in [7, 11) is 0. The van der Waals surface area contributed by atoms with Gasteiger partial charge in [-0.15, -0.1) is 0 Å². The number of nitrogens with one attached hydrogen (secondary N) is 1. The van der Waals surface area contributed by atoms with Crippen molar-refractivity contribution >= 4 is 23.4 Å². The molecule has 1 N–H and O–H groups in total. The van der Waals surface area contributed by atoms with E-state index in [0.29, 0.717) is 31.3 Å². The van der Waals surface area contributed by atoms with E-state index in [2.05, 4.69) is 25.2 Å². The standard InChI is InChI=1S/C23H32N6O3/c1-15(2)32-23(30)28-11-8-18(9-12-28)29-10-5-13-31-20-21(24-14-25-22(20)29)27-19-7-6-16(3)26-17(19)4/h6-7,14-15,18H,5,8-13H2,1-4H3,(H,24,25,27). The second kappa shape index (κ2) is 9.58. The normalized spacial score (nSPS) is 16.9. The van der Waals surface area contributed by atoms with Crippen LogP contribution in [0.25, 0.3) is 0 Å². The molecule has 32 heavy (non-hydrogen) atoms. The Kier molecular flexibility index (Phi) is 6.62. The van der Waals surface area contributed by atoms with Gasteiger partial charge in [0.05, 0.1) is 24.1 Å². The molecule has 2 aliphatic rings. The number of pyridine rings is 1. The first-order valence-electron chi connectivity index (χ1n) is 11.3. The smallest absolute Gasteiger partial charge is 0.410 e. The van der Waals surface area contributed by atoms with E-state index in [1.165, 1.54) is 0 Å². The lowest BCUT2D eigenvalue weighted by Crippen LogP contribution is -2.47. The van der Waals surface area contributed by atoms with Gasteiger partial charge in [0.2, 0.25) is 5.75 Å². The topological polar surface area (TPSA) is 92.7 Å². The third kappa shape index (κ3) is 4.87. The Balaban J connectivity index is 1.52. The zero-order valence-corrected chi connectivity index (χ0v) is 19.3. The average Bonchev–Trinajstić information content (AvgIpc) is 2.98. The average molecular weight is 441 g/mol. The molecule has 172 valence electrons. The van der Waals surface area contributed by atoms with E-state index in [0.717, 1.165) is 48.7 Å². The van der Waals surface area contributed by atoms with Crippen LogP contribution in [0.1, 0.15) is 44.5 Å². The number of ether oxygens (including phenoxy) is 2. The predicted octanol–water partition coefficient (Wildman–Crippen LogP) is 3.83. The number of carbonyl (C=O) groups excluding carboxylic acids is 1. The Hall–Kier alpha value is -3.10. The lowest BCUT2D eigenvalue weighted by Gasteiger charge is -2.38. The highest BCUT2D eigenvalue weighted by Gasteiger charge is 2.32. The summed E-state index contributed by atoms with van der Waals surface area (Å²) >= 11 is 0. The number of carbonyl (C=O) groups is 1. The molecule has 2 aliphatic heterocycles. The van der Waals surface area contributed by atoms with E-state index in [9.17, 15) is 4.79 Å². The van der Waals surface area contributed by atoms with Crippen molar-refractivity contribution in [2.45, 2.75) is 59.1 Å². The molecule has 0 spiro atoms. The van der Waals surface area contributed by atoms with E-state index in [-0.39, 0.29) is 18.2 Å². The molecule has 1 saturated heterocycles. The Bertz CT molecular complexity index is 959. The molecule has 0 atom stereocenters. The highest BCUT2D eigenvalue weighted by Crippen LogP contribution is 2.38. The molecule has 1 amide bonds. The molecular formula is C23H32N6O3. The van der Waals surface area contributed by atoms with Crippen LogP contribution in [0, 0.1) is 13.8 Å². The van der Waals surface area contributed by atoms with E-state index >= 15 is 0 Å². The molecule has 4 rings (SSSR count). The van der Waals surface area contributed by atoms with Crippen molar-refractivity contribution < 1.29 is 14.3 Å². The summed E-state index contributed by atoms with van der Waals surface area (Å²) in [5, 5.41) is 3.38. The van der Waals surface area contributed by atoms with Crippen molar-refractivity contribution in [3.05, 3.63) is 29.8 Å². The van der Waals surface area contributed by atoms with E-state index < -0.39 is 0 Å². The van der Waals surface area contributed by atoms with E-state index in [1.807, 2.05) is 39.8 Å². The first-order valence-corrected chi connectivity index (χ1v) is 11.3. The van der Waals surface area contributed by atoms with Crippen molar-refractivity contribution in [2.24, 2.45) is 0 Å². The van der Waals surface area contributed by atoms with Gasteiger partial charge in [-0.2, -0.15) is 0 Å². The third-order valence-electron chi connectivity index (χ3n) is 5.82. The van der Waals surface area contributed by atoms with Gasteiger partial charge in [-0.1, -0.05) is 0 Å². The van der Waals surface area contributed by atoms with Gasteiger partial charge in [-0.05, 0) is 59.1 Å². The first kappa shape index (κ1) is 22.1. The first-order chi connectivity index (χ1) is 15.4. The van der Waals surface area contributed by atoms with Gasteiger partial charge in [0, 0.05) is 31.4 Å². The highest BCUT2D eigenvalue weighted by atomic mass is 16.6. The second-order valence-corrected chi connectivity index (χ2v) is 8.63. The van der Waals surface area contributed by atoms with Crippen LogP contribution in [0.5, 0.6) is 5.75 Å². The molecule has 0 bridgehead atoms. The van der Waals surface area contributed by atoms with E-state index in [1.54, 1.807) is 11.2 Å². The van der Waals surface area contributed by atoms with Crippen LogP contribution in [-0.2, 0) is 4.74 Å². The Labute approximate surface area is 189 Å². The number of anilines is 3. The number of piperidine rings is 1. The number of aromatic nitrogens is 3. The van der Waals surface area contributed by atoms with Gasteiger partial charge >= 0.3 is 6.09 Å². The van der Waals surface area contributed by atoms with Crippen molar-refractivity contribution in [1.29, 1.82) is 0 Å². The summed E-state index contributed by atoms with van der Waals surface area (Å²) in [4.78, 5) is 30.0. The predicted molar refractivity (Wildman–Crippen MR) is 123 cm³/mol. The summed E-state index contributed by atoms with van der Waals surface area (Å²) in [6.45, 7) is 10.5. The molecule has 0 aliphatic carbocycles. The van der Waals surface area contributed by atoms with Crippen molar-refractivity contribution in [3.8, 4) is 5.75 Å². The lowest BCUT2D eigenvalue weighted by molar-refractivity contribution is 0.0690. The van der Waals surface area contributed by atoms with Gasteiger partial charge in [0.1, 0.15) is 6.33 Å². The zero-order chi connectivity index (χ0) is 22.7. The fourth-order valence-electron chi connectivity index (χ4n) is 4.24. The molecular weight excluding hydrogens is 408 g/mol. The summed E-state index contributed by atoms with van der Waals surface area (Å²) in [6, 6.07) is 4.26. The van der Waals surface area contributed by atoms with Gasteiger partial charge in [0.15, 0.2) is 11.6 Å². The van der Waals surface area contributed by atoms with Crippen LogP contribution >= 0.6 is 0 Å². The minimum atomic E-state index is -0.228. The minimum absolute atomic E-state index is 0.107. The minimum Gasteiger partial charge on any atom is -0.486 e. The molecule has 2 aromatic heterocycles. The van der Waals surface area contributed by atoms with Gasteiger partial charge < -0.3 is 24.6 Å². The van der Waals surface area contributed by atoms with Crippen LogP contribution in [0.3, 0.4) is 0 Å². The molecule has 0 saturated carbocycles. The largest absolute Gasteiger partial charge is 0.486 e. The van der Waals surface area contributed by atoms with Gasteiger partial charge in [0.25, 0.3) is 0 Å². The van der Waals surface area contributed by atoms with Crippen molar-refractivity contribution in [3.63, 3.8) is 0 Å². The number of amides is 1. The summed E-state index contributed by atoms with van der Waals surface area (Å²) in [6.07, 6.45) is 3.87. The molecule has 9 nitrogen and oxygen atoms in total. The Morgan fingerprint density at radius 3 is 2.69 bits per heavy atom. The summed E-state index contributed by atoms with van der Waals surface area (Å²) in [5.74, 6) is 2.13. The van der Waals surface area contributed by atoms with Crippen LogP contribution in [0.2, 0.25) is 0 Å². The van der Waals surface area contributed by atoms with Crippen molar-refractivity contribution in [1.82, 2.24) is 19.9 Å². The number of fused-ring (bicyclic) bond motifs is 1. The van der Waals surface area contributed by atoms with Gasteiger partial charge in [-0.25, -0.2) is 14.8 Å². The monoisotopic (exact) mass is 440 g/mol. The third-order valence-corrected chi connectivity index (χ3v) is 5.82. The molecule has 0 aromatic carbocycles. The van der Waals surface area contributed by atoms with Crippen LogP contribution in [0.15, 0.2) is 18.5 Å². The van der Waals surface area contributed by atoms with Crippen LogP contribution < -0.4 is 15.0 Å². The number of aryl methyl sites for hydroxylation is 2. The number of hydrogen-bond acceptors (Lipinski definition) is 8. The molecule has 4 heterocycles. The van der Waals surface area contributed by atoms with Crippen LogP contribution in [0.4, 0.5) is 22.1 Å². The molecule has 9 heteroatoms. The van der Waals surface area contributed by atoms with Crippen LogP contribution in [-0.4, -0.2) is 64.3 Å². The fraction of sp³-hybridized carbons (Fsp3) is 0.565. The van der Waals surface area contributed by atoms with E-state index in [4.69, 9.17) is 9.47 Å². The highest BCUT2D eigenvalue weighted by molar-refractivity contribution is 5.71. The summed E-state index contributed by atoms with van der Waals surface area (Å²) in [5.41, 5.74) is 2.77. The summed E-state index contributed by atoms with van der Waals surface area (Å²) < 4.78 is 11.5. The Morgan fingerprint density at radius 2 is 1.97 bits per heavy atom. The quantitative estimate of drug-likeness (QED) is 0.767.